The van der Waals surface area contributed by atoms with Crippen molar-refractivity contribution >= 4 is 42.0 Å². The lowest BCUT2D eigenvalue weighted by atomic mass is 10.0. The van der Waals surface area contributed by atoms with E-state index in [4.69, 9.17) is 9.16 Å². The monoisotopic (exact) mass is 580 g/mol. The van der Waals surface area contributed by atoms with E-state index in [0.717, 1.165) is 18.7 Å². The van der Waals surface area contributed by atoms with E-state index < -0.39 is 8.32 Å². The Bertz CT molecular complexity index is 1430. The predicted molar refractivity (Wildman–Crippen MR) is 169 cm³/mol. The first-order chi connectivity index (χ1) is 20.2. The molecule has 1 heterocycles. The molecule has 0 spiro atoms. The Labute approximate surface area is 249 Å². The Morgan fingerprint density at radius 3 is 2.12 bits per heavy atom. The minimum atomic E-state index is -2.53. The van der Waals surface area contributed by atoms with Crippen LogP contribution in [0.2, 0.25) is 5.04 Å². The topological polar surface area (TPSA) is 67.9 Å². The summed E-state index contributed by atoms with van der Waals surface area (Å²) in [6, 6.07) is 29.9. The molecule has 7 heteroatoms. The van der Waals surface area contributed by atoms with Crippen molar-refractivity contribution < 1.29 is 18.8 Å². The van der Waals surface area contributed by atoms with Crippen molar-refractivity contribution in [3.05, 3.63) is 96.6 Å². The maximum atomic E-state index is 12.4. The van der Waals surface area contributed by atoms with E-state index >= 15 is 0 Å². The third-order valence-corrected chi connectivity index (χ3v) is 14.2. The zero-order valence-electron chi connectivity index (χ0n) is 24.9. The molecule has 1 saturated heterocycles. The zero-order valence-corrected chi connectivity index (χ0v) is 25.9. The largest absolute Gasteiger partial charge is 0.442 e. The van der Waals surface area contributed by atoms with Crippen LogP contribution in [0.3, 0.4) is 0 Å². The van der Waals surface area contributed by atoms with Crippen molar-refractivity contribution in [1.29, 1.82) is 0 Å². The molecule has 6 nitrogen and oxygen atoms in total. The third-order valence-electron chi connectivity index (χ3n) is 9.16. The maximum Gasteiger partial charge on any atom is 0.414 e. The van der Waals surface area contributed by atoms with Gasteiger partial charge in [-0.2, -0.15) is 0 Å². The Morgan fingerprint density at radius 2 is 1.60 bits per heavy atom. The number of cyclic esters (lactones) is 1. The number of nitrogens with zero attached hydrogens (tertiary/aromatic N) is 1. The highest BCUT2D eigenvalue weighted by Crippen LogP contribution is 2.58. The number of carbonyl (C=O) groups excluding carboxylic acids is 2. The number of hydrogen-bond donors (Lipinski definition) is 1. The molecule has 42 heavy (non-hydrogen) atoms. The minimum Gasteiger partial charge on any atom is -0.442 e. The van der Waals surface area contributed by atoms with Gasteiger partial charge in [-0.1, -0.05) is 99.6 Å². The molecule has 1 N–H and O–H groups in total. The molecular weight excluding hydrogens is 540 g/mol. The van der Waals surface area contributed by atoms with Gasteiger partial charge in [0.15, 0.2) is 0 Å². The highest BCUT2D eigenvalue weighted by atomic mass is 28.4. The SMILES string of the molecule is CC(=O)NC[C@H]1CN(c2ccc(C3=C[C@H]4[C@@H](CO[Si](c5ccccc5)(c5ccccc5)C(C)(C)C)[C@H]4C3)cc2)C(=O)O1. The lowest BCUT2D eigenvalue weighted by Crippen LogP contribution is -2.66. The summed E-state index contributed by atoms with van der Waals surface area (Å²) in [5.41, 5.74) is 3.40. The Morgan fingerprint density at radius 1 is 0.976 bits per heavy atom. The summed E-state index contributed by atoms with van der Waals surface area (Å²) in [5, 5.41) is 5.36. The van der Waals surface area contributed by atoms with Crippen molar-refractivity contribution in [3.63, 3.8) is 0 Å². The van der Waals surface area contributed by atoms with Gasteiger partial charge in [-0.25, -0.2) is 4.79 Å². The van der Waals surface area contributed by atoms with Crippen LogP contribution >= 0.6 is 0 Å². The number of benzene rings is 3. The van der Waals surface area contributed by atoms with E-state index in [1.54, 1.807) is 4.90 Å². The van der Waals surface area contributed by atoms with Crippen LogP contribution in [-0.4, -0.2) is 46.1 Å². The first-order valence-electron chi connectivity index (χ1n) is 15.0. The molecule has 2 amide bonds. The number of anilines is 1. The highest BCUT2D eigenvalue weighted by molar-refractivity contribution is 6.99. The smallest absolute Gasteiger partial charge is 0.414 e. The first kappa shape index (κ1) is 28.4. The molecule has 3 aromatic carbocycles. The van der Waals surface area contributed by atoms with Crippen LogP contribution in [0.25, 0.3) is 5.57 Å². The second-order valence-electron chi connectivity index (χ2n) is 12.9. The van der Waals surface area contributed by atoms with Crippen LogP contribution in [0, 0.1) is 17.8 Å². The molecule has 2 aliphatic carbocycles. The zero-order chi connectivity index (χ0) is 29.5. The standard InChI is InChI=1S/C35H40N2O4Si/c1-24(38)36-21-28-22-37(34(39)41-28)27-17-15-25(16-18-27)26-19-31-32(20-26)33(31)23-40-42(35(2,3)4,29-11-7-5-8-12-29)30-13-9-6-10-14-30/h5-19,28,31-33H,20-23H2,1-4H3,(H,36,38)/t28-,31+,32-,33+/m0/s1. The van der Waals surface area contributed by atoms with Crippen molar-refractivity contribution in [2.24, 2.45) is 17.8 Å². The maximum absolute atomic E-state index is 12.4. The van der Waals surface area contributed by atoms with Crippen molar-refractivity contribution in [2.75, 3.05) is 24.6 Å². The van der Waals surface area contributed by atoms with Crippen LogP contribution in [0.4, 0.5) is 10.5 Å². The van der Waals surface area contributed by atoms with E-state index in [0.29, 0.717) is 30.8 Å². The molecule has 1 aliphatic heterocycles. The van der Waals surface area contributed by atoms with Gasteiger partial charge in [-0.3, -0.25) is 9.69 Å². The summed E-state index contributed by atoms with van der Waals surface area (Å²) in [4.78, 5) is 25.2. The molecule has 1 saturated carbocycles. The Hall–Kier alpha value is -3.68. The minimum absolute atomic E-state index is 0.0197. The molecule has 0 aromatic heterocycles. The van der Waals surface area contributed by atoms with E-state index in [2.05, 4.69) is 105 Å². The van der Waals surface area contributed by atoms with Gasteiger partial charge in [-0.05, 0) is 62.9 Å². The predicted octanol–water partition coefficient (Wildman–Crippen LogP) is 5.37. The summed E-state index contributed by atoms with van der Waals surface area (Å²) in [6.45, 7) is 9.99. The number of ether oxygens (including phenoxy) is 1. The fourth-order valence-electron chi connectivity index (χ4n) is 6.95. The van der Waals surface area contributed by atoms with Crippen LogP contribution in [0.1, 0.15) is 39.7 Å². The number of rotatable bonds is 9. The summed E-state index contributed by atoms with van der Waals surface area (Å²) in [6.07, 6.45) is 2.80. The average molecular weight is 581 g/mol. The molecule has 0 radical (unpaired) electrons. The number of amides is 2. The van der Waals surface area contributed by atoms with Crippen LogP contribution in [0.15, 0.2) is 91.0 Å². The summed E-state index contributed by atoms with van der Waals surface area (Å²) in [5.74, 6) is 1.60. The van der Waals surface area contributed by atoms with Gasteiger partial charge in [0.1, 0.15) is 6.10 Å². The summed E-state index contributed by atoms with van der Waals surface area (Å²) in [7, 11) is -2.53. The molecule has 6 rings (SSSR count). The normalized spacial score (nSPS) is 23.3. The van der Waals surface area contributed by atoms with Gasteiger partial charge in [0.05, 0.1) is 13.1 Å². The first-order valence-corrected chi connectivity index (χ1v) is 16.9. The fourth-order valence-corrected chi connectivity index (χ4v) is 11.5. The number of hydrogen-bond acceptors (Lipinski definition) is 4. The average Bonchev–Trinajstić information content (AvgIpc) is 3.27. The van der Waals surface area contributed by atoms with E-state index in [1.165, 1.54) is 28.4 Å². The number of fused-ring (bicyclic) bond motifs is 1. The number of carbonyl (C=O) groups is 2. The van der Waals surface area contributed by atoms with Crippen LogP contribution in [-0.2, 0) is 14.0 Å². The van der Waals surface area contributed by atoms with Crippen LogP contribution < -0.4 is 20.6 Å². The van der Waals surface area contributed by atoms with Crippen molar-refractivity contribution in [2.45, 2.75) is 45.3 Å². The van der Waals surface area contributed by atoms with E-state index in [1.807, 2.05) is 12.1 Å². The lowest BCUT2D eigenvalue weighted by Gasteiger charge is -2.43. The quantitative estimate of drug-likeness (QED) is 0.346. The van der Waals surface area contributed by atoms with Gasteiger partial charge in [0.2, 0.25) is 5.91 Å². The van der Waals surface area contributed by atoms with Crippen LogP contribution in [0.5, 0.6) is 0 Å². The molecule has 0 bridgehead atoms. The Balaban J connectivity index is 1.13. The second-order valence-corrected chi connectivity index (χ2v) is 17.2. The van der Waals surface area contributed by atoms with Gasteiger partial charge in [-0.15, -0.1) is 0 Å². The Kier molecular flexibility index (Phi) is 7.58. The third kappa shape index (κ3) is 5.32. The van der Waals surface area contributed by atoms with Gasteiger partial charge < -0.3 is 14.5 Å². The van der Waals surface area contributed by atoms with Gasteiger partial charge >= 0.3 is 6.09 Å². The fraction of sp³-hybridized carbons (Fsp3) is 0.371. The summed E-state index contributed by atoms with van der Waals surface area (Å²) < 4.78 is 12.6. The number of allylic oxidation sites excluding steroid dienone is 2. The van der Waals surface area contributed by atoms with Crippen molar-refractivity contribution in [1.82, 2.24) is 5.32 Å². The molecule has 3 aliphatic rings. The number of nitrogens with one attached hydrogen (secondary N) is 1. The lowest BCUT2D eigenvalue weighted by molar-refractivity contribution is -0.119. The molecule has 0 unspecified atom stereocenters. The highest BCUT2D eigenvalue weighted by Gasteiger charge is 2.56. The van der Waals surface area contributed by atoms with E-state index in [9.17, 15) is 9.59 Å². The van der Waals surface area contributed by atoms with E-state index in [-0.39, 0.29) is 23.1 Å². The van der Waals surface area contributed by atoms with Crippen molar-refractivity contribution in [3.8, 4) is 0 Å². The van der Waals surface area contributed by atoms with Gasteiger partial charge in [0.25, 0.3) is 8.32 Å². The second kappa shape index (κ2) is 11.2. The molecular formula is C35H40N2O4Si. The van der Waals surface area contributed by atoms with Gasteiger partial charge in [0, 0.05) is 19.2 Å². The summed E-state index contributed by atoms with van der Waals surface area (Å²) >= 11 is 0. The molecule has 2 fully saturated rings. The molecule has 3 aromatic rings. The molecule has 4 atom stereocenters. The molecule has 218 valence electrons.